The van der Waals surface area contributed by atoms with E-state index in [1.807, 2.05) is 0 Å². The molecule has 2 unspecified atom stereocenters. The lowest BCUT2D eigenvalue weighted by atomic mass is 9.88. The zero-order chi connectivity index (χ0) is 14.9. The number of ketones is 1. The number of carbonyl (C=O) groups excluding carboxylic acids is 1. The Kier molecular flexibility index (Phi) is 4.11. The molecular formula is C13H11ClFNO3S. The fraction of sp³-hybridized carbons (Fsp3) is 0.385. The summed E-state index contributed by atoms with van der Waals surface area (Å²) in [7, 11) is -3.23. The first-order valence-electron chi connectivity index (χ1n) is 5.93. The summed E-state index contributed by atoms with van der Waals surface area (Å²) in [6.45, 7) is 0. The molecule has 1 aliphatic rings. The van der Waals surface area contributed by atoms with Crippen molar-refractivity contribution in [3.05, 3.63) is 34.6 Å². The third-order valence-corrected chi connectivity index (χ3v) is 5.40. The molecule has 1 heterocycles. The molecule has 2 atom stereocenters. The lowest BCUT2D eigenvalue weighted by molar-refractivity contribution is -0.122. The summed E-state index contributed by atoms with van der Waals surface area (Å²) >= 11 is 5.63. The van der Waals surface area contributed by atoms with Gasteiger partial charge in [0.05, 0.1) is 22.6 Å². The minimum Gasteiger partial charge on any atom is -0.297 e. The number of sulfone groups is 1. The normalized spacial score (nSPS) is 22.1. The Morgan fingerprint density at radius 3 is 2.75 bits per heavy atom. The number of Topliss-reactive ketones (excluding diaryl/α,β-unsaturated/α-hetero) is 1. The van der Waals surface area contributed by atoms with Crippen LogP contribution in [-0.2, 0) is 14.6 Å². The van der Waals surface area contributed by atoms with Gasteiger partial charge in [0.25, 0.3) is 0 Å². The van der Waals surface area contributed by atoms with Gasteiger partial charge < -0.3 is 0 Å². The van der Waals surface area contributed by atoms with Gasteiger partial charge in [-0.1, -0.05) is 23.7 Å². The third kappa shape index (κ3) is 2.84. The lowest BCUT2D eigenvalue weighted by Gasteiger charge is -2.13. The molecule has 2 rings (SSSR count). The molecule has 20 heavy (non-hydrogen) atoms. The summed E-state index contributed by atoms with van der Waals surface area (Å²) in [6, 6.07) is 5.83. The molecule has 1 fully saturated rings. The summed E-state index contributed by atoms with van der Waals surface area (Å²) in [6.07, 6.45) is 0.182. The molecule has 1 saturated heterocycles. The van der Waals surface area contributed by atoms with Gasteiger partial charge in [-0.15, -0.1) is 0 Å². The van der Waals surface area contributed by atoms with E-state index in [0.717, 1.165) is 0 Å². The second-order valence-corrected chi connectivity index (χ2v) is 7.34. The van der Waals surface area contributed by atoms with Crippen LogP contribution in [-0.4, -0.2) is 25.7 Å². The largest absolute Gasteiger partial charge is 0.297 e. The molecule has 0 spiro atoms. The molecule has 1 aliphatic heterocycles. The molecule has 0 aliphatic carbocycles. The van der Waals surface area contributed by atoms with E-state index in [-0.39, 0.29) is 28.5 Å². The van der Waals surface area contributed by atoms with Crippen molar-refractivity contribution in [2.75, 3.05) is 11.5 Å². The van der Waals surface area contributed by atoms with Crippen LogP contribution in [0.4, 0.5) is 4.39 Å². The van der Waals surface area contributed by atoms with E-state index in [4.69, 9.17) is 16.9 Å². The van der Waals surface area contributed by atoms with Crippen molar-refractivity contribution in [2.45, 2.75) is 12.3 Å². The fourth-order valence-corrected chi connectivity index (χ4v) is 4.22. The Bertz CT molecular complexity index is 696. The summed E-state index contributed by atoms with van der Waals surface area (Å²) in [5, 5.41) is 8.95. The van der Waals surface area contributed by atoms with Gasteiger partial charge in [0.1, 0.15) is 11.7 Å². The highest BCUT2D eigenvalue weighted by molar-refractivity contribution is 7.91. The maximum atomic E-state index is 13.9. The number of hydrogen-bond acceptors (Lipinski definition) is 4. The molecule has 0 bridgehead atoms. The van der Waals surface area contributed by atoms with Gasteiger partial charge in [-0.3, -0.25) is 4.79 Å². The van der Waals surface area contributed by atoms with Gasteiger partial charge in [0.15, 0.2) is 15.6 Å². The minimum absolute atomic E-state index is 0.0699. The van der Waals surface area contributed by atoms with E-state index in [0.29, 0.717) is 0 Å². The average Bonchev–Trinajstić information content (AvgIpc) is 2.75. The first kappa shape index (κ1) is 14.9. The van der Waals surface area contributed by atoms with Gasteiger partial charge in [-0.2, -0.15) is 5.26 Å². The third-order valence-electron chi connectivity index (χ3n) is 3.34. The number of nitriles is 1. The Hall–Kier alpha value is -1.45. The quantitative estimate of drug-likeness (QED) is 0.856. The molecular weight excluding hydrogens is 305 g/mol. The Morgan fingerprint density at radius 1 is 1.50 bits per heavy atom. The van der Waals surface area contributed by atoms with E-state index in [1.165, 1.54) is 18.2 Å². The van der Waals surface area contributed by atoms with Crippen molar-refractivity contribution in [2.24, 2.45) is 5.92 Å². The summed E-state index contributed by atoms with van der Waals surface area (Å²) < 4.78 is 36.7. The Balaban J connectivity index is 2.32. The second kappa shape index (κ2) is 5.51. The minimum atomic E-state index is -3.23. The number of nitrogens with zero attached hydrogens (tertiary/aromatic N) is 1. The first-order chi connectivity index (χ1) is 9.35. The monoisotopic (exact) mass is 315 g/mol. The Morgan fingerprint density at radius 2 is 2.20 bits per heavy atom. The van der Waals surface area contributed by atoms with Crippen LogP contribution in [0.1, 0.15) is 17.9 Å². The van der Waals surface area contributed by atoms with Crippen molar-refractivity contribution in [3.8, 4) is 6.07 Å². The van der Waals surface area contributed by atoms with Crippen molar-refractivity contribution < 1.29 is 17.6 Å². The highest BCUT2D eigenvalue weighted by Gasteiger charge is 2.37. The highest BCUT2D eigenvalue weighted by atomic mass is 35.5. The molecule has 0 aromatic heterocycles. The SMILES string of the molecule is N#CC(C(=O)C1CCS(=O)(=O)C1)c1cccc(Cl)c1F. The van der Waals surface area contributed by atoms with E-state index in [1.54, 1.807) is 6.07 Å². The van der Waals surface area contributed by atoms with Crippen molar-refractivity contribution >= 4 is 27.2 Å². The zero-order valence-electron chi connectivity index (χ0n) is 10.3. The summed E-state index contributed by atoms with van der Waals surface area (Å²) in [5.74, 6) is -3.79. The molecule has 0 N–H and O–H groups in total. The van der Waals surface area contributed by atoms with Gasteiger partial charge in [-0.25, -0.2) is 12.8 Å². The average molecular weight is 316 g/mol. The smallest absolute Gasteiger partial charge is 0.158 e. The molecule has 106 valence electrons. The Labute approximate surface area is 121 Å². The first-order valence-corrected chi connectivity index (χ1v) is 8.13. The van der Waals surface area contributed by atoms with Gasteiger partial charge in [0, 0.05) is 11.5 Å². The van der Waals surface area contributed by atoms with Crippen molar-refractivity contribution in [3.63, 3.8) is 0 Å². The molecule has 1 aromatic carbocycles. The number of hydrogen-bond donors (Lipinski definition) is 0. The van der Waals surface area contributed by atoms with E-state index in [9.17, 15) is 17.6 Å². The summed E-state index contributed by atoms with van der Waals surface area (Å²) in [5.41, 5.74) is -0.103. The van der Waals surface area contributed by atoms with Gasteiger partial charge in [0.2, 0.25) is 0 Å². The highest BCUT2D eigenvalue weighted by Crippen LogP contribution is 2.30. The van der Waals surface area contributed by atoms with Crippen molar-refractivity contribution in [1.82, 2.24) is 0 Å². The van der Waals surface area contributed by atoms with Crippen LogP contribution in [0.3, 0.4) is 0 Å². The number of benzene rings is 1. The predicted octanol–water partition coefficient (Wildman–Crippen LogP) is 2.09. The van der Waals surface area contributed by atoms with E-state index in [2.05, 4.69) is 0 Å². The van der Waals surface area contributed by atoms with Crippen molar-refractivity contribution in [1.29, 1.82) is 5.26 Å². The lowest BCUT2D eigenvalue weighted by Crippen LogP contribution is -2.23. The fourth-order valence-electron chi connectivity index (χ4n) is 2.28. The standard InChI is InChI=1S/C13H11ClFNO3S/c14-11-3-1-2-9(12(11)15)10(6-16)13(17)8-4-5-20(18,19)7-8/h1-3,8,10H,4-5,7H2. The van der Waals surface area contributed by atoms with E-state index < -0.39 is 33.3 Å². The van der Waals surface area contributed by atoms with Crippen LogP contribution in [0, 0.1) is 23.1 Å². The van der Waals surface area contributed by atoms with E-state index >= 15 is 0 Å². The molecule has 0 saturated carbocycles. The number of rotatable bonds is 3. The van der Waals surface area contributed by atoms with Crippen LogP contribution < -0.4 is 0 Å². The number of halogens is 2. The molecule has 0 radical (unpaired) electrons. The maximum absolute atomic E-state index is 13.9. The number of carbonyl (C=O) groups is 1. The van der Waals surface area contributed by atoms with Gasteiger partial charge >= 0.3 is 0 Å². The van der Waals surface area contributed by atoms with Crippen LogP contribution in [0.5, 0.6) is 0 Å². The van der Waals surface area contributed by atoms with Crippen LogP contribution in [0.2, 0.25) is 5.02 Å². The molecule has 1 aromatic rings. The zero-order valence-corrected chi connectivity index (χ0v) is 11.9. The van der Waals surface area contributed by atoms with Crippen LogP contribution >= 0.6 is 11.6 Å². The molecule has 7 heteroatoms. The second-order valence-electron chi connectivity index (χ2n) is 4.71. The summed E-state index contributed by atoms with van der Waals surface area (Å²) in [4.78, 5) is 12.2. The topological polar surface area (TPSA) is 75.0 Å². The maximum Gasteiger partial charge on any atom is 0.158 e. The molecule has 4 nitrogen and oxygen atoms in total. The van der Waals surface area contributed by atoms with Crippen LogP contribution in [0.15, 0.2) is 18.2 Å². The predicted molar refractivity (Wildman–Crippen MR) is 71.5 cm³/mol. The molecule has 0 amide bonds. The van der Waals surface area contributed by atoms with Gasteiger partial charge in [-0.05, 0) is 12.5 Å². The van der Waals surface area contributed by atoms with Crippen LogP contribution in [0.25, 0.3) is 0 Å².